The number of unbranched alkanes of at least 4 members (excludes halogenated alkanes) is 1. The number of nitrogens with zero attached hydrogens (tertiary/aromatic N) is 2. The second-order valence-corrected chi connectivity index (χ2v) is 10.2. The predicted molar refractivity (Wildman–Crippen MR) is 146 cm³/mol. The monoisotopic (exact) mass is 513 g/mol. The van der Waals surface area contributed by atoms with Crippen LogP contribution >= 0.6 is 23.4 Å². The number of anilines is 1. The number of carbonyl (C=O) groups is 1. The number of thioether (sulfide) groups is 1. The van der Waals surface area contributed by atoms with Crippen molar-refractivity contribution in [3.05, 3.63) is 53.1 Å². The number of hydrogen-bond donors (Lipinski definition) is 1. The van der Waals surface area contributed by atoms with Crippen LogP contribution in [0.5, 0.6) is 11.5 Å². The summed E-state index contributed by atoms with van der Waals surface area (Å²) in [5.74, 6) is 1.54. The van der Waals surface area contributed by atoms with Crippen LogP contribution in [0.2, 0.25) is 5.02 Å². The van der Waals surface area contributed by atoms with Crippen LogP contribution in [-0.4, -0.2) is 41.8 Å². The van der Waals surface area contributed by atoms with Gasteiger partial charge in [-0.1, -0.05) is 43.1 Å². The Morgan fingerprint density at radius 1 is 1.11 bits per heavy atom. The van der Waals surface area contributed by atoms with Gasteiger partial charge in [0.25, 0.3) is 0 Å². The van der Waals surface area contributed by atoms with Crippen LogP contribution in [0, 0.1) is 0 Å². The zero-order chi connectivity index (χ0) is 24.7. The fraction of sp³-hybridized carbons (Fsp3) is 0.444. The molecule has 0 unspecified atom stereocenters. The molecule has 1 spiro atoms. The molecule has 186 valence electrons. The Morgan fingerprint density at radius 3 is 2.57 bits per heavy atom. The highest BCUT2D eigenvalue weighted by Gasteiger charge is 2.37. The van der Waals surface area contributed by atoms with Gasteiger partial charge in [-0.2, -0.15) is 0 Å². The molecule has 1 N–H and O–H groups in total. The predicted octanol–water partition coefficient (Wildman–Crippen LogP) is 6.76. The maximum Gasteiger partial charge on any atom is 0.234 e. The number of halogens is 1. The number of aliphatic imine (C=N–C) groups is 2. The Morgan fingerprint density at radius 2 is 1.89 bits per heavy atom. The Bertz CT molecular complexity index is 1100. The van der Waals surface area contributed by atoms with E-state index in [1.165, 1.54) is 18.2 Å². The van der Waals surface area contributed by atoms with Crippen LogP contribution in [0.3, 0.4) is 0 Å². The lowest BCUT2D eigenvalue weighted by Gasteiger charge is -2.27. The molecular weight excluding hydrogens is 482 g/mol. The van der Waals surface area contributed by atoms with Gasteiger partial charge in [0.2, 0.25) is 5.91 Å². The minimum Gasteiger partial charge on any atom is -0.495 e. The van der Waals surface area contributed by atoms with Gasteiger partial charge in [-0.25, -0.2) is 4.99 Å². The standard InChI is InChI=1S/C27H32ClN3O3S/c1-3-4-16-34-21-11-8-19(9-12-21)25-26(31-27(30-25)14-6-5-7-15-27)35-18-24(32)29-20-10-13-23(33-2)22(28)17-20/h8-13,17H,3-7,14-16,18H2,1-2H3,(H,29,32). The molecule has 1 aliphatic heterocycles. The second-order valence-electron chi connectivity index (χ2n) is 8.83. The summed E-state index contributed by atoms with van der Waals surface area (Å²) in [5, 5.41) is 4.19. The van der Waals surface area contributed by atoms with E-state index in [0.29, 0.717) is 16.5 Å². The summed E-state index contributed by atoms with van der Waals surface area (Å²) in [6.45, 7) is 2.87. The summed E-state index contributed by atoms with van der Waals surface area (Å²) in [4.78, 5) is 22.9. The average Bonchev–Trinajstić information content (AvgIpc) is 3.21. The highest BCUT2D eigenvalue weighted by Crippen LogP contribution is 2.39. The lowest BCUT2D eigenvalue weighted by atomic mass is 9.90. The van der Waals surface area contributed by atoms with Crippen molar-refractivity contribution in [2.45, 2.75) is 57.5 Å². The van der Waals surface area contributed by atoms with Gasteiger partial charge in [0.05, 0.1) is 30.2 Å². The molecule has 1 aliphatic carbocycles. The van der Waals surface area contributed by atoms with Crippen LogP contribution in [-0.2, 0) is 4.79 Å². The largest absolute Gasteiger partial charge is 0.495 e. The van der Waals surface area contributed by atoms with Crippen molar-refractivity contribution in [1.29, 1.82) is 0 Å². The molecule has 1 saturated carbocycles. The maximum absolute atomic E-state index is 12.7. The number of carbonyl (C=O) groups excluding carboxylic acids is 1. The molecule has 1 fully saturated rings. The van der Waals surface area contributed by atoms with Crippen LogP contribution in [0.15, 0.2) is 52.4 Å². The van der Waals surface area contributed by atoms with Gasteiger partial charge in [0.15, 0.2) is 5.66 Å². The fourth-order valence-electron chi connectivity index (χ4n) is 4.27. The normalized spacial score (nSPS) is 16.5. The summed E-state index contributed by atoms with van der Waals surface area (Å²) >= 11 is 7.62. The number of rotatable bonds is 9. The van der Waals surface area contributed by atoms with Gasteiger partial charge in [0, 0.05) is 11.3 Å². The number of nitrogens with one attached hydrogen (secondary N) is 1. The molecule has 2 aromatic carbocycles. The molecule has 0 saturated heterocycles. The third kappa shape index (κ3) is 6.58. The highest BCUT2D eigenvalue weighted by atomic mass is 35.5. The average molecular weight is 514 g/mol. The lowest BCUT2D eigenvalue weighted by Crippen LogP contribution is -2.25. The molecule has 2 aliphatic rings. The molecule has 1 heterocycles. The van der Waals surface area contributed by atoms with Crippen molar-refractivity contribution in [1.82, 2.24) is 0 Å². The molecule has 8 heteroatoms. The Kier molecular flexibility index (Phi) is 8.74. The van der Waals surface area contributed by atoms with E-state index in [-0.39, 0.29) is 17.3 Å². The molecule has 35 heavy (non-hydrogen) atoms. The molecule has 6 nitrogen and oxygen atoms in total. The Hall–Kier alpha value is -2.51. The molecule has 2 aromatic rings. The minimum atomic E-state index is -0.383. The van der Waals surface area contributed by atoms with Gasteiger partial charge in [-0.15, -0.1) is 0 Å². The topological polar surface area (TPSA) is 72.3 Å². The van der Waals surface area contributed by atoms with Gasteiger partial charge in [0.1, 0.15) is 16.5 Å². The summed E-state index contributed by atoms with van der Waals surface area (Å²) in [6.07, 6.45) is 7.52. The SMILES string of the molecule is CCCCOc1ccc(C2=NC3(CCCCC3)N=C2SCC(=O)Nc2ccc(OC)c(Cl)c2)cc1. The van der Waals surface area contributed by atoms with Crippen molar-refractivity contribution in [2.75, 3.05) is 24.8 Å². The number of benzene rings is 2. The van der Waals surface area contributed by atoms with Crippen molar-refractivity contribution < 1.29 is 14.3 Å². The van der Waals surface area contributed by atoms with Crippen LogP contribution in [0.4, 0.5) is 5.69 Å². The molecule has 4 rings (SSSR count). The van der Waals surface area contributed by atoms with Gasteiger partial charge in [-0.3, -0.25) is 9.79 Å². The lowest BCUT2D eigenvalue weighted by molar-refractivity contribution is -0.113. The van der Waals surface area contributed by atoms with Gasteiger partial charge < -0.3 is 14.8 Å². The summed E-state index contributed by atoms with van der Waals surface area (Å²) in [7, 11) is 1.56. The molecule has 0 radical (unpaired) electrons. The number of hydrogen-bond acceptors (Lipinski definition) is 6. The van der Waals surface area contributed by atoms with E-state index < -0.39 is 0 Å². The van der Waals surface area contributed by atoms with Gasteiger partial charge in [-0.05, 0) is 74.6 Å². The van der Waals surface area contributed by atoms with Crippen molar-refractivity contribution in [3.8, 4) is 11.5 Å². The quantitative estimate of drug-likeness (QED) is 0.376. The van der Waals surface area contributed by atoms with E-state index >= 15 is 0 Å². The van der Waals surface area contributed by atoms with E-state index in [0.717, 1.165) is 67.2 Å². The molecule has 0 aromatic heterocycles. The first kappa shape index (κ1) is 25.6. The zero-order valence-electron chi connectivity index (χ0n) is 20.3. The second kappa shape index (κ2) is 12.0. The summed E-state index contributed by atoms with van der Waals surface area (Å²) in [6, 6.07) is 13.2. The van der Waals surface area contributed by atoms with E-state index in [1.807, 2.05) is 24.3 Å². The minimum absolute atomic E-state index is 0.123. The maximum atomic E-state index is 12.7. The third-order valence-corrected chi connectivity index (χ3v) is 7.42. The van der Waals surface area contributed by atoms with E-state index in [2.05, 4.69) is 12.2 Å². The first-order chi connectivity index (χ1) is 17.0. The molecule has 1 amide bonds. The van der Waals surface area contributed by atoms with Gasteiger partial charge >= 0.3 is 0 Å². The smallest absolute Gasteiger partial charge is 0.234 e. The number of methoxy groups -OCH3 is 1. The van der Waals surface area contributed by atoms with Crippen molar-refractivity contribution >= 4 is 45.7 Å². The molecule has 0 bridgehead atoms. The van der Waals surface area contributed by atoms with Crippen LogP contribution in [0.1, 0.15) is 57.4 Å². The summed E-state index contributed by atoms with van der Waals surface area (Å²) < 4.78 is 11.0. The fourth-order valence-corrected chi connectivity index (χ4v) is 5.40. The number of amides is 1. The molecular formula is C27H32ClN3O3S. The highest BCUT2D eigenvalue weighted by molar-refractivity contribution is 8.16. The van der Waals surface area contributed by atoms with E-state index in [9.17, 15) is 4.79 Å². The van der Waals surface area contributed by atoms with Crippen LogP contribution in [0.25, 0.3) is 0 Å². The number of ether oxygens (including phenoxy) is 2. The van der Waals surface area contributed by atoms with E-state index in [1.54, 1.807) is 25.3 Å². The third-order valence-electron chi connectivity index (χ3n) is 6.16. The summed E-state index contributed by atoms with van der Waals surface area (Å²) in [5.41, 5.74) is 2.12. The zero-order valence-corrected chi connectivity index (χ0v) is 21.9. The Balaban J connectivity index is 1.45. The van der Waals surface area contributed by atoms with E-state index in [4.69, 9.17) is 31.1 Å². The first-order valence-electron chi connectivity index (χ1n) is 12.2. The van der Waals surface area contributed by atoms with Crippen molar-refractivity contribution in [2.24, 2.45) is 9.98 Å². The van der Waals surface area contributed by atoms with Crippen molar-refractivity contribution in [3.63, 3.8) is 0 Å². The first-order valence-corrected chi connectivity index (χ1v) is 13.6. The Labute approximate surface area is 216 Å². The van der Waals surface area contributed by atoms with Crippen LogP contribution < -0.4 is 14.8 Å². The molecule has 0 atom stereocenters.